The number of carbonyl (C=O) groups excluding carboxylic acids is 1. The number of nitrogens with one attached hydrogen (secondary N) is 2. The SMILES string of the molecule is CC(C)(C)C(NC(=O)[C@@H]1Cc2ccccc2CN1)C(=O)O. The summed E-state index contributed by atoms with van der Waals surface area (Å²) in [4.78, 5) is 23.7. The molecule has 0 fully saturated rings. The second kappa shape index (κ2) is 5.85. The molecule has 0 spiro atoms. The summed E-state index contributed by atoms with van der Waals surface area (Å²) in [5.74, 6) is -1.26. The number of aliphatic carboxylic acids is 1. The summed E-state index contributed by atoms with van der Waals surface area (Å²) in [6.45, 7) is 6.03. The minimum Gasteiger partial charge on any atom is -0.480 e. The molecule has 1 aromatic rings. The van der Waals surface area contributed by atoms with Crippen molar-refractivity contribution in [1.82, 2.24) is 10.6 Å². The van der Waals surface area contributed by atoms with Crippen molar-refractivity contribution in [2.24, 2.45) is 5.41 Å². The van der Waals surface area contributed by atoms with Gasteiger partial charge in [0.25, 0.3) is 0 Å². The maximum absolute atomic E-state index is 12.3. The Morgan fingerprint density at radius 1 is 1.29 bits per heavy atom. The van der Waals surface area contributed by atoms with E-state index in [1.165, 1.54) is 5.56 Å². The molecular formula is C16H22N2O3. The highest BCUT2D eigenvalue weighted by Gasteiger charge is 2.35. The van der Waals surface area contributed by atoms with Gasteiger partial charge in [0.15, 0.2) is 0 Å². The van der Waals surface area contributed by atoms with Gasteiger partial charge in [-0.15, -0.1) is 0 Å². The molecule has 5 heteroatoms. The molecule has 2 atom stereocenters. The summed E-state index contributed by atoms with van der Waals surface area (Å²) in [5, 5.41) is 15.1. The predicted molar refractivity (Wildman–Crippen MR) is 79.8 cm³/mol. The van der Waals surface area contributed by atoms with Crippen LogP contribution in [-0.2, 0) is 22.6 Å². The molecule has 3 N–H and O–H groups in total. The molecule has 1 amide bonds. The van der Waals surface area contributed by atoms with Crippen molar-refractivity contribution in [2.45, 2.75) is 45.8 Å². The van der Waals surface area contributed by atoms with E-state index >= 15 is 0 Å². The molecule has 0 aliphatic carbocycles. The predicted octanol–water partition coefficient (Wildman–Crippen LogP) is 1.32. The quantitative estimate of drug-likeness (QED) is 0.784. The maximum Gasteiger partial charge on any atom is 0.326 e. The second-order valence-corrected chi connectivity index (χ2v) is 6.55. The topological polar surface area (TPSA) is 78.4 Å². The lowest BCUT2D eigenvalue weighted by atomic mass is 9.86. The molecule has 21 heavy (non-hydrogen) atoms. The Kier molecular flexibility index (Phi) is 4.32. The van der Waals surface area contributed by atoms with Crippen molar-refractivity contribution in [2.75, 3.05) is 0 Å². The number of carboxylic acid groups (broad SMARTS) is 1. The molecule has 0 aromatic heterocycles. The third-order valence-corrected chi connectivity index (χ3v) is 3.80. The Morgan fingerprint density at radius 2 is 1.90 bits per heavy atom. The van der Waals surface area contributed by atoms with Crippen LogP contribution in [0.3, 0.4) is 0 Å². The van der Waals surface area contributed by atoms with E-state index in [9.17, 15) is 14.7 Å². The number of hydrogen-bond donors (Lipinski definition) is 3. The van der Waals surface area contributed by atoms with Crippen molar-refractivity contribution < 1.29 is 14.7 Å². The van der Waals surface area contributed by atoms with Gasteiger partial charge in [-0.3, -0.25) is 4.79 Å². The highest BCUT2D eigenvalue weighted by atomic mass is 16.4. The Balaban J connectivity index is 2.06. The molecule has 0 saturated heterocycles. The van der Waals surface area contributed by atoms with Crippen LogP contribution in [0, 0.1) is 5.41 Å². The third kappa shape index (κ3) is 3.61. The first kappa shape index (κ1) is 15.5. The van der Waals surface area contributed by atoms with Gasteiger partial charge < -0.3 is 15.7 Å². The molecule has 114 valence electrons. The normalized spacial score (nSPS) is 19.5. The summed E-state index contributed by atoms with van der Waals surface area (Å²) in [5.41, 5.74) is 1.79. The highest BCUT2D eigenvalue weighted by molar-refractivity contribution is 5.87. The largest absolute Gasteiger partial charge is 0.480 e. The lowest BCUT2D eigenvalue weighted by Gasteiger charge is -2.31. The van der Waals surface area contributed by atoms with E-state index in [-0.39, 0.29) is 11.9 Å². The number of benzene rings is 1. The van der Waals surface area contributed by atoms with E-state index in [1.54, 1.807) is 20.8 Å². The first-order chi connectivity index (χ1) is 9.79. The van der Waals surface area contributed by atoms with Crippen LogP contribution in [0.4, 0.5) is 0 Å². The molecule has 0 saturated carbocycles. The molecule has 1 unspecified atom stereocenters. The van der Waals surface area contributed by atoms with E-state index < -0.39 is 17.4 Å². The van der Waals surface area contributed by atoms with Gasteiger partial charge in [-0.2, -0.15) is 0 Å². The maximum atomic E-state index is 12.3. The Morgan fingerprint density at radius 3 is 2.48 bits per heavy atom. The van der Waals surface area contributed by atoms with Crippen LogP contribution in [0.15, 0.2) is 24.3 Å². The Labute approximate surface area is 124 Å². The first-order valence-corrected chi connectivity index (χ1v) is 7.12. The molecule has 1 aromatic carbocycles. The number of fused-ring (bicyclic) bond motifs is 1. The summed E-state index contributed by atoms with van der Waals surface area (Å²) < 4.78 is 0. The van der Waals surface area contributed by atoms with Crippen LogP contribution in [0.5, 0.6) is 0 Å². The lowest BCUT2D eigenvalue weighted by Crippen LogP contribution is -2.55. The van der Waals surface area contributed by atoms with Crippen molar-refractivity contribution in [1.29, 1.82) is 0 Å². The van der Waals surface area contributed by atoms with Crippen molar-refractivity contribution in [3.8, 4) is 0 Å². The molecule has 1 aliphatic rings. The average Bonchev–Trinajstić information content (AvgIpc) is 2.42. The minimum atomic E-state index is -1.01. The summed E-state index contributed by atoms with van der Waals surface area (Å²) >= 11 is 0. The number of carboxylic acids is 1. The van der Waals surface area contributed by atoms with Crippen LogP contribution in [0.2, 0.25) is 0 Å². The Bertz CT molecular complexity index is 549. The fourth-order valence-electron chi connectivity index (χ4n) is 2.53. The van der Waals surface area contributed by atoms with Crippen LogP contribution >= 0.6 is 0 Å². The van der Waals surface area contributed by atoms with Crippen molar-refractivity contribution in [3.63, 3.8) is 0 Å². The van der Waals surface area contributed by atoms with E-state index in [0.29, 0.717) is 13.0 Å². The summed E-state index contributed by atoms with van der Waals surface area (Å²) in [6, 6.07) is 6.68. The molecule has 0 bridgehead atoms. The number of amides is 1. The van der Waals surface area contributed by atoms with Gasteiger partial charge in [-0.25, -0.2) is 4.79 Å². The zero-order valence-corrected chi connectivity index (χ0v) is 12.6. The monoisotopic (exact) mass is 290 g/mol. The van der Waals surface area contributed by atoms with Gasteiger partial charge >= 0.3 is 5.97 Å². The highest BCUT2D eigenvalue weighted by Crippen LogP contribution is 2.21. The van der Waals surface area contributed by atoms with Crippen molar-refractivity contribution in [3.05, 3.63) is 35.4 Å². The van der Waals surface area contributed by atoms with E-state index in [2.05, 4.69) is 10.6 Å². The van der Waals surface area contributed by atoms with Crippen LogP contribution in [0.25, 0.3) is 0 Å². The fraction of sp³-hybridized carbons (Fsp3) is 0.500. The van der Waals surface area contributed by atoms with E-state index in [1.807, 2.05) is 24.3 Å². The molecule has 0 radical (unpaired) electrons. The zero-order valence-electron chi connectivity index (χ0n) is 12.6. The van der Waals surface area contributed by atoms with Crippen molar-refractivity contribution >= 4 is 11.9 Å². The smallest absolute Gasteiger partial charge is 0.326 e. The van der Waals surface area contributed by atoms with E-state index in [0.717, 1.165) is 5.56 Å². The van der Waals surface area contributed by atoms with Gasteiger partial charge in [0.05, 0.1) is 6.04 Å². The minimum absolute atomic E-state index is 0.258. The lowest BCUT2D eigenvalue weighted by molar-refractivity contribution is -0.145. The third-order valence-electron chi connectivity index (χ3n) is 3.80. The van der Waals surface area contributed by atoms with Gasteiger partial charge in [0.2, 0.25) is 5.91 Å². The van der Waals surface area contributed by atoms with Crippen LogP contribution in [0.1, 0.15) is 31.9 Å². The second-order valence-electron chi connectivity index (χ2n) is 6.55. The van der Waals surface area contributed by atoms with Crippen LogP contribution in [-0.4, -0.2) is 29.1 Å². The van der Waals surface area contributed by atoms with Gasteiger partial charge in [-0.05, 0) is 23.0 Å². The summed E-state index contributed by atoms with van der Waals surface area (Å²) in [7, 11) is 0. The number of carbonyl (C=O) groups is 2. The van der Waals surface area contributed by atoms with E-state index in [4.69, 9.17) is 0 Å². The molecule has 1 heterocycles. The molecule has 2 rings (SSSR count). The summed E-state index contributed by atoms with van der Waals surface area (Å²) in [6.07, 6.45) is 0.582. The number of hydrogen-bond acceptors (Lipinski definition) is 3. The average molecular weight is 290 g/mol. The molecular weight excluding hydrogens is 268 g/mol. The van der Waals surface area contributed by atoms with Gasteiger partial charge in [0.1, 0.15) is 6.04 Å². The standard InChI is InChI=1S/C16H22N2O3/c1-16(2,3)13(15(20)21)18-14(19)12-8-10-6-4-5-7-11(10)9-17-12/h4-7,12-13,17H,8-9H2,1-3H3,(H,18,19)(H,20,21)/t12-,13?/m0/s1. The van der Waals surface area contributed by atoms with Crippen LogP contribution < -0.4 is 10.6 Å². The Hall–Kier alpha value is -1.88. The van der Waals surface area contributed by atoms with Gasteiger partial charge in [0, 0.05) is 6.54 Å². The molecule has 5 nitrogen and oxygen atoms in total. The fourth-order valence-corrected chi connectivity index (χ4v) is 2.53. The molecule has 1 aliphatic heterocycles. The van der Waals surface area contributed by atoms with Gasteiger partial charge in [-0.1, -0.05) is 45.0 Å². The zero-order chi connectivity index (χ0) is 15.6. The number of rotatable bonds is 3. The first-order valence-electron chi connectivity index (χ1n) is 7.12.